The molecule has 1 N–H and O–H groups in total. The second-order valence-corrected chi connectivity index (χ2v) is 6.81. The quantitative estimate of drug-likeness (QED) is 0.703. The van der Waals surface area contributed by atoms with E-state index in [1.54, 1.807) is 37.5 Å². The van der Waals surface area contributed by atoms with E-state index in [-0.39, 0.29) is 11.9 Å². The molecule has 1 unspecified atom stereocenters. The molecule has 3 aromatic rings. The number of ether oxygens (including phenoxy) is 1. The Kier molecular flexibility index (Phi) is 5.07. The van der Waals surface area contributed by atoms with Crippen LogP contribution in [0.15, 0.2) is 48.8 Å². The summed E-state index contributed by atoms with van der Waals surface area (Å²) in [5.41, 5.74) is 3.23. The second-order valence-electron chi connectivity index (χ2n) is 6.81. The Morgan fingerprint density at radius 2 is 2.00 bits per heavy atom. The van der Waals surface area contributed by atoms with Gasteiger partial charge in [0.1, 0.15) is 18.2 Å². The molecule has 1 fully saturated rings. The molecule has 1 amide bonds. The van der Waals surface area contributed by atoms with Crippen molar-refractivity contribution in [3.63, 3.8) is 0 Å². The van der Waals surface area contributed by atoms with E-state index in [1.165, 1.54) is 11.0 Å². The average Bonchev–Trinajstić information content (AvgIpc) is 3.16. The lowest BCUT2D eigenvalue weighted by atomic mass is 10.0. The number of pyridine rings is 1. The zero-order valence-electron chi connectivity index (χ0n) is 16.1. The maximum absolute atomic E-state index is 13.5. The van der Waals surface area contributed by atoms with Crippen LogP contribution >= 0.6 is 0 Å². The van der Waals surface area contributed by atoms with Gasteiger partial charge in [0.05, 0.1) is 18.3 Å². The number of aromatic nitrogens is 3. The standard InChI is InChI=1S/C21H20FN5O2/c1-13-11-15(3-5-17(13)22)16-4-6-18(24-12-16)14(2)25-20-23-8-7-19(26-20)27-9-10-29-21(27)28/h3-8,11-12,14H,9-10H2,1-2H3,(H,23,25,26). The molecule has 1 aromatic carbocycles. The summed E-state index contributed by atoms with van der Waals surface area (Å²) in [5, 5.41) is 3.20. The highest BCUT2D eigenvalue weighted by molar-refractivity contribution is 5.88. The molecule has 2 aromatic heterocycles. The van der Waals surface area contributed by atoms with Crippen LogP contribution in [0.25, 0.3) is 11.1 Å². The van der Waals surface area contributed by atoms with E-state index in [0.29, 0.717) is 30.5 Å². The largest absolute Gasteiger partial charge is 0.447 e. The minimum absolute atomic E-state index is 0.153. The van der Waals surface area contributed by atoms with Crippen LogP contribution in [0, 0.1) is 12.7 Å². The third-order valence-corrected chi connectivity index (χ3v) is 4.75. The predicted octanol–water partition coefficient (Wildman–Crippen LogP) is 4.12. The van der Waals surface area contributed by atoms with Crippen LogP contribution in [-0.2, 0) is 4.74 Å². The maximum Gasteiger partial charge on any atom is 0.415 e. The first-order valence-corrected chi connectivity index (χ1v) is 9.27. The Hall–Kier alpha value is -3.55. The van der Waals surface area contributed by atoms with E-state index < -0.39 is 6.09 Å². The van der Waals surface area contributed by atoms with Crippen molar-refractivity contribution in [3.8, 4) is 11.1 Å². The number of amides is 1. The van der Waals surface area contributed by atoms with Crippen LogP contribution in [0.1, 0.15) is 24.2 Å². The Morgan fingerprint density at radius 1 is 1.17 bits per heavy atom. The third-order valence-electron chi connectivity index (χ3n) is 4.75. The number of cyclic esters (lactones) is 1. The van der Waals surface area contributed by atoms with Crippen molar-refractivity contribution in [1.29, 1.82) is 0 Å². The number of benzene rings is 1. The summed E-state index contributed by atoms with van der Waals surface area (Å²) < 4.78 is 18.4. The van der Waals surface area contributed by atoms with Crippen LogP contribution in [0.5, 0.6) is 0 Å². The van der Waals surface area contributed by atoms with Gasteiger partial charge in [-0.25, -0.2) is 14.2 Å². The molecule has 1 aliphatic rings. The van der Waals surface area contributed by atoms with Crippen molar-refractivity contribution in [2.24, 2.45) is 0 Å². The van der Waals surface area contributed by atoms with Crippen molar-refractivity contribution in [3.05, 3.63) is 65.9 Å². The first kappa shape index (κ1) is 18.8. The van der Waals surface area contributed by atoms with Crippen LogP contribution < -0.4 is 10.2 Å². The van der Waals surface area contributed by atoms with Gasteiger partial charge < -0.3 is 10.1 Å². The third kappa shape index (κ3) is 4.01. The lowest BCUT2D eigenvalue weighted by Crippen LogP contribution is -2.25. The molecule has 4 rings (SSSR count). The van der Waals surface area contributed by atoms with Gasteiger partial charge in [-0.15, -0.1) is 0 Å². The zero-order chi connectivity index (χ0) is 20.4. The Morgan fingerprint density at radius 3 is 2.69 bits per heavy atom. The lowest BCUT2D eigenvalue weighted by molar-refractivity contribution is 0.181. The molecule has 0 saturated carbocycles. The molecule has 0 spiro atoms. The van der Waals surface area contributed by atoms with Crippen LogP contribution in [0.3, 0.4) is 0 Å². The van der Waals surface area contributed by atoms with E-state index in [1.807, 2.05) is 19.1 Å². The van der Waals surface area contributed by atoms with E-state index >= 15 is 0 Å². The fraction of sp³-hybridized carbons (Fsp3) is 0.238. The summed E-state index contributed by atoms with van der Waals surface area (Å²) in [7, 11) is 0. The lowest BCUT2D eigenvalue weighted by Gasteiger charge is -2.16. The number of carbonyl (C=O) groups is 1. The minimum atomic E-state index is -0.406. The number of halogens is 1. The maximum atomic E-state index is 13.5. The first-order valence-electron chi connectivity index (χ1n) is 9.27. The number of nitrogens with one attached hydrogen (secondary N) is 1. The van der Waals surface area contributed by atoms with Crippen molar-refractivity contribution in [1.82, 2.24) is 15.0 Å². The first-order chi connectivity index (χ1) is 14.0. The van der Waals surface area contributed by atoms with Crippen molar-refractivity contribution in [2.75, 3.05) is 23.4 Å². The topological polar surface area (TPSA) is 80.2 Å². The second kappa shape index (κ2) is 7.83. The smallest absolute Gasteiger partial charge is 0.415 e. The van der Waals surface area contributed by atoms with Crippen molar-refractivity contribution >= 4 is 17.9 Å². The van der Waals surface area contributed by atoms with E-state index in [4.69, 9.17) is 4.74 Å². The van der Waals surface area contributed by atoms with Crippen molar-refractivity contribution < 1.29 is 13.9 Å². The molecule has 8 heteroatoms. The van der Waals surface area contributed by atoms with E-state index in [9.17, 15) is 9.18 Å². The van der Waals surface area contributed by atoms with Gasteiger partial charge in [0.2, 0.25) is 5.95 Å². The summed E-state index contributed by atoms with van der Waals surface area (Å²) >= 11 is 0. The SMILES string of the molecule is Cc1cc(-c2ccc(C(C)Nc3nccc(N4CCOC4=O)n3)nc2)ccc1F. The van der Waals surface area contributed by atoms with Gasteiger partial charge >= 0.3 is 6.09 Å². The summed E-state index contributed by atoms with van der Waals surface area (Å²) in [5.74, 6) is 0.669. The van der Waals surface area contributed by atoms with Gasteiger partial charge in [-0.1, -0.05) is 12.1 Å². The molecule has 0 radical (unpaired) electrons. The molecular formula is C21H20FN5O2. The molecule has 1 atom stereocenters. The van der Waals surface area contributed by atoms with E-state index in [0.717, 1.165) is 16.8 Å². The fourth-order valence-electron chi connectivity index (χ4n) is 3.09. The van der Waals surface area contributed by atoms with Gasteiger partial charge in [0.15, 0.2) is 0 Å². The van der Waals surface area contributed by atoms with Crippen LogP contribution in [-0.4, -0.2) is 34.2 Å². The number of anilines is 2. The molecule has 1 aliphatic heterocycles. The Labute approximate surface area is 167 Å². The summed E-state index contributed by atoms with van der Waals surface area (Å²) in [6.07, 6.45) is 2.95. The molecule has 0 aliphatic carbocycles. The molecule has 7 nitrogen and oxygen atoms in total. The predicted molar refractivity (Wildman–Crippen MR) is 107 cm³/mol. The normalized spacial score (nSPS) is 14.6. The Balaban J connectivity index is 1.48. The monoisotopic (exact) mass is 393 g/mol. The summed E-state index contributed by atoms with van der Waals surface area (Å²) in [4.78, 5) is 26.3. The van der Waals surface area contributed by atoms with Crippen LogP contribution in [0.2, 0.25) is 0 Å². The number of nitrogens with zero attached hydrogens (tertiary/aromatic N) is 4. The highest BCUT2D eigenvalue weighted by Crippen LogP contribution is 2.24. The fourth-order valence-corrected chi connectivity index (χ4v) is 3.09. The highest BCUT2D eigenvalue weighted by Gasteiger charge is 2.25. The zero-order valence-corrected chi connectivity index (χ0v) is 16.1. The summed E-state index contributed by atoms with van der Waals surface area (Å²) in [6.45, 7) is 4.51. The number of carbonyl (C=O) groups excluding carboxylic acids is 1. The summed E-state index contributed by atoms with van der Waals surface area (Å²) in [6, 6.07) is 10.4. The molecule has 1 saturated heterocycles. The molecular weight excluding hydrogens is 373 g/mol. The van der Waals surface area contributed by atoms with Gasteiger partial charge in [-0.3, -0.25) is 9.88 Å². The molecule has 148 valence electrons. The number of aryl methyl sites for hydroxylation is 1. The molecule has 0 bridgehead atoms. The van der Waals surface area contributed by atoms with E-state index in [2.05, 4.69) is 20.3 Å². The molecule has 29 heavy (non-hydrogen) atoms. The number of rotatable bonds is 5. The minimum Gasteiger partial charge on any atom is -0.447 e. The van der Waals surface area contributed by atoms with Gasteiger partial charge in [0.25, 0.3) is 0 Å². The number of hydrogen-bond acceptors (Lipinski definition) is 6. The number of hydrogen-bond donors (Lipinski definition) is 1. The van der Waals surface area contributed by atoms with Gasteiger partial charge in [0, 0.05) is 18.0 Å². The Bertz CT molecular complexity index is 1040. The van der Waals surface area contributed by atoms with Crippen molar-refractivity contribution in [2.45, 2.75) is 19.9 Å². The van der Waals surface area contributed by atoms with Gasteiger partial charge in [-0.05, 0) is 49.2 Å². The molecule has 3 heterocycles. The van der Waals surface area contributed by atoms with Crippen LogP contribution in [0.4, 0.5) is 21.0 Å². The van der Waals surface area contributed by atoms with Gasteiger partial charge in [-0.2, -0.15) is 4.98 Å². The average molecular weight is 393 g/mol. The highest BCUT2D eigenvalue weighted by atomic mass is 19.1.